The van der Waals surface area contributed by atoms with Crippen LogP contribution in [0.3, 0.4) is 0 Å². The normalized spacial score (nSPS) is 15.2. The number of benzene rings is 2. The molecule has 0 aliphatic carbocycles. The van der Waals surface area contributed by atoms with E-state index in [0.717, 1.165) is 4.47 Å². The second-order valence-corrected chi connectivity index (χ2v) is 7.12. The van der Waals surface area contributed by atoms with Crippen LogP contribution in [-0.4, -0.2) is 34.0 Å². The smallest absolute Gasteiger partial charge is 0.365 e. The average Bonchev–Trinajstić information content (AvgIpc) is 2.90. The Bertz CT molecular complexity index is 1120. The lowest BCUT2D eigenvalue weighted by atomic mass is 10.0. The van der Waals surface area contributed by atoms with Gasteiger partial charge in [0.05, 0.1) is 17.1 Å². The number of carbonyl (C=O) groups is 1. The van der Waals surface area contributed by atoms with Crippen molar-refractivity contribution in [1.82, 2.24) is 10.5 Å². The Morgan fingerprint density at radius 1 is 1.07 bits per heavy atom. The molecule has 8 nitrogen and oxygen atoms in total. The number of nitrogens with zero attached hydrogens (tertiary/aromatic N) is 3. The van der Waals surface area contributed by atoms with Crippen molar-refractivity contribution in [3.05, 3.63) is 88.7 Å². The number of amides is 1. The predicted molar refractivity (Wildman–Crippen MR) is 117 cm³/mol. The van der Waals surface area contributed by atoms with Crippen LogP contribution in [0.25, 0.3) is 0 Å². The molecule has 0 bridgehead atoms. The van der Waals surface area contributed by atoms with Gasteiger partial charge in [0.2, 0.25) is 6.23 Å². The minimum atomic E-state index is -1.39. The lowest BCUT2D eigenvalue weighted by molar-refractivity contribution is 0.126. The van der Waals surface area contributed by atoms with Crippen molar-refractivity contribution in [3.63, 3.8) is 0 Å². The molecule has 0 fully saturated rings. The van der Waals surface area contributed by atoms with E-state index in [1.807, 2.05) is 24.3 Å². The fourth-order valence-corrected chi connectivity index (χ4v) is 3.14. The number of nitrogens with one attached hydrogen (secondary N) is 2. The van der Waals surface area contributed by atoms with Gasteiger partial charge in [0, 0.05) is 21.9 Å². The Morgan fingerprint density at radius 2 is 1.87 bits per heavy atom. The number of para-hydroxylation sites is 1. The van der Waals surface area contributed by atoms with Gasteiger partial charge in [-0.15, -0.1) is 0 Å². The molecular weight excluding hydrogens is 450 g/mol. The number of pyridine rings is 1. The summed E-state index contributed by atoms with van der Waals surface area (Å²) in [4.78, 5) is 30.1. The van der Waals surface area contributed by atoms with Gasteiger partial charge in [0.15, 0.2) is 5.84 Å². The van der Waals surface area contributed by atoms with Gasteiger partial charge in [-0.25, -0.2) is 14.8 Å². The number of aliphatic hydroxyl groups is 1. The van der Waals surface area contributed by atoms with Crippen molar-refractivity contribution in [2.75, 3.05) is 5.32 Å². The zero-order valence-electron chi connectivity index (χ0n) is 15.5. The predicted octanol–water partition coefficient (Wildman–Crippen LogP) is 3.80. The zero-order valence-corrected chi connectivity index (χ0v) is 17.1. The van der Waals surface area contributed by atoms with E-state index in [4.69, 9.17) is 4.84 Å². The highest BCUT2D eigenvalue weighted by molar-refractivity contribution is 9.10. The second-order valence-electron chi connectivity index (χ2n) is 6.21. The third kappa shape index (κ3) is 4.53. The molecule has 1 aliphatic rings. The number of hydroxylamine groups is 1. The minimum absolute atomic E-state index is 0.0345. The molecule has 1 aliphatic heterocycles. The summed E-state index contributed by atoms with van der Waals surface area (Å²) >= 11 is 3.45. The monoisotopic (exact) mass is 465 g/mol. The Morgan fingerprint density at radius 3 is 2.63 bits per heavy atom. The van der Waals surface area contributed by atoms with Gasteiger partial charge in [-0.05, 0) is 42.5 Å². The highest BCUT2D eigenvalue weighted by atomic mass is 79.9. The summed E-state index contributed by atoms with van der Waals surface area (Å²) in [7, 11) is 0. The van der Waals surface area contributed by atoms with Crippen LogP contribution in [0.15, 0.2) is 87.4 Å². The lowest BCUT2D eigenvalue weighted by Crippen LogP contribution is -2.36. The summed E-state index contributed by atoms with van der Waals surface area (Å²) in [6.45, 7) is 0. The van der Waals surface area contributed by atoms with Gasteiger partial charge < -0.3 is 9.94 Å². The number of hydrogen-bond donors (Lipinski definition) is 3. The standard InChI is InChI=1S/C21H16BrN5O3/c22-13-9-10-16-15(12-13)18(17-8-4-5-11-23-17)26-20(28)19(25-16)27-30-21(29)24-14-6-2-1-3-7-14/h1-12,20,28H,(H,24,29)(H,25,27). The molecule has 1 atom stereocenters. The first-order valence-corrected chi connectivity index (χ1v) is 9.74. The van der Waals surface area contributed by atoms with Crippen molar-refractivity contribution in [2.45, 2.75) is 6.23 Å². The summed E-state index contributed by atoms with van der Waals surface area (Å²) in [6, 6.07) is 19.7. The molecule has 9 heteroatoms. The summed E-state index contributed by atoms with van der Waals surface area (Å²) in [5.41, 5.74) is 5.23. The van der Waals surface area contributed by atoms with E-state index in [9.17, 15) is 9.90 Å². The van der Waals surface area contributed by atoms with Crippen molar-refractivity contribution >= 4 is 44.9 Å². The molecule has 2 aromatic carbocycles. The average molecular weight is 466 g/mol. The van der Waals surface area contributed by atoms with Gasteiger partial charge in [0.1, 0.15) is 0 Å². The van der Waals surface area contributed by atoms with Gasteiger partial charge in [-0.3, -0.25) is 10.3 Å². The molecule has 1 amide bonds. The first-order chi connectivity index (χ1) is 14.6. The molecule has 3 N–H and O–H groups in total. The fraction of sp³-hybridized carbons (Fsp3) is 0.0476. The minimum Gasteiger partial charge on any atom is -0.365 e. The molecule has 1 unspecified atom stereocenters. The number of aromatic nitrogens is 1. The summed E-state index contributed by atoms with van der Waals surface area (Å²) in [6.07, 6.45) is -0.507. The van der Waals surface area contributed by atoms with Crippen LogP contribution < -0.4 is 10.8 Å². The molecule has 0 saturated heterocycles. The maximum absolute atomic E-state index is 12.0. The molecule has 0 saturated carbocycles. The Labute approximate surface area is 180 Å². The van der Waals surface area contributed by atoms with E-state index in [1.54, 1.807) is 48.7 Å². The van der Waals surface area contributed by atoms with Gasteiger partial charge >= 0.3 is 6.09 Å². The molecular formula is C21H16BrN5O3. The van der Waals surface area contributed by atoms with Crippen LogP contribution >= 0.6 is 15.9 Å². The molecule has 30 heavy (non-hydrogen) atoms. The van der Waals surface area contributed by atoms with E-state index >= 15 is 0 Å². The van der Waals surface area contributed by atoms with Crippen LogP contribution in [0.5, 0.6) is 0 Å². The first kappa shape index (κ1) is 19.7. The molecule has 0 radical (unpaired) electrons. The summed E-state index contributed by atoms with van der Waals surface area (Å²) in [5.74, 6) is -0.0345. The van der Waals surface area contributed by atoms with Crippen LogP contribution in [-0.2, 0) is 4.84 Å². The molecule has 3 aromatic rings. The zero-order chi connectivity index (χ0) is 20.9. The third-order valence-electron chi connectivity index (χ3n) is 4.13. The number of rotatable bonds is 2. The van der Waals surface area contributed by atoms with E-state index in [2.05, 4.69) is 41.7 Å². The second kappa shape index (κ2) is 8.85. The SMILES string of the molecule is O=C(Nc1ccccc1)ONC1=Nc2ccc(Br)cc2C(c2ccccn2)=NC1O. The summed E-state index contributed by atoms with van der Waals surface area (Å²) in [5, 5.41) is 13.2. The van der Waals surface area contributed by atoms with Crippen molar-refractivity contribution in [1.29, 1.82) is 0 Å². The summed E-state index contributed by atoms with van der Waals surface area (Å²) < 4.78 is 0.824. The molecule has 4 rings (SSSR count). The number of amidine groups is 1. The van der Waals surface area contributed by atoms with E-state index in [1.165, 1.54) is 0 Å². The van der Waals surface area contributed by atoms with Crippen LogP contribution in [0.2, 0.25) is 0 Å². The van der Waals surface area contributed by atoms with Crippen LogP contribution in [0, 0.1) is 0 Å². The van der Waals surface area contributed by atoms with Crippen LogP contribution in [0.1, 0.15) is 11.3 Å². The topological polar surface area (TPSA) is 108 Å². The Kier molecular flexibility index (Phi) is 5.82. The lowest BCUT2D eigenvalue weighted by Gasteiger charge is -2.12. The number of halogens is 1. The third-order valence-corrected chi connectivity index (χ3v) is 4.62. The molecule has 1 aromatic heterocycles. The van der Waals surface area contributed by atoms with Crippen molar-refractivity contribution in [2.24, 2.45) is 9.98 Å². The fourth-order valence-electron chi connectivity index (χ4n) is 2.78. The number of anilines is 1. The quantitative estimate of drug-likeness (QED) is 0.498. The van der Waals surface area contributed by atoms with Crippen LogP contribution in [0.4, 0.5) is 16.2 Å². The Balaban J connectivity index is 1.59. The number of fused-ring (bicyclic) bond motifs is 1. The number of aliphatic hydroxyl groups excluding tert-OH is 1. The molecule has 0 spiro atoms. The highest BCUT2D eigenvalue weighted by Crippen LogP contribution is 2.28. The van der Waals surface area contributed by atoms with Crippen molar-refractivity contribution < 1.29 is 14.7 Å². The Hall–Kier alpha value is -3.56. The van der Waals surface area contributed by atoms with Gasteiger partial charge in [0.25, 0.3) is 0 Å². The molecule has 150 valence electrons. The largest absolute Gasteiger partial charge is 0.435 e. The maximum atomic E-state index is 12.0. The van der Waals surface area contributed by atoms with Gasteiger partial charge in [-0.1, -0.05) is 40.2 Å². The van der Waals surface area contributed by atoms with E-state index < -0.39 is 12.3 Å². The maximum Gasteiger partial charge on any atom is 0.435 e. The number of carbonyl (C=O) groups excluding carboxylic acids is 1. The van der Waals surface area contributed by atoms with E-state index in [-0.39, 0.29) is 5.84 Å². The molecule has 2 heterocycles. The first-order valence-electron chi connectivity index (χ1n) is 8.95. The highest BCUT2D eigenvalue weighted by Gasteiger charge is 2.23. The number of hydrogen-bond acceptors (Lipinski definition) is 7. The number of aliphatic imine (C=N–C) groups is 2. The van der Waals surface area contributed by atoms with Gasteiger partial charge in [-0.2, -0.15) is 5.48 Å². The van der Waals surface area contributed by atoms with Crippen molar-refractivity contribution in [3.8, 4) is 0 Å². The van der Waals surface area contributed by atoms with E-state index in [0.29, 0.717) is 28.3 Å².